The number of nitrogens with zero attached hydrogens (tertiary/aromatic N) is 3. The Morgan fingerprint density at radius 3 is 2.67 bits per heavy atom. The van der Waals surface area contributed by atoms with Crippen molar-refractivity contribution < 1.29 is 18.7 Å². The van der Waals surface area contributed by atoms with Gasteiger partial charge in [-0.1, -0.05) is 24.3 Å². The summed E-state index contributed by atoms with van der Waals surface area (Å²) in [5.41, 5.74) is 3.65. The number of carbonyl (C=O) groups excluding carboxylic acids is 1. The van der Waals surface area contributed by atoms with Gasteiger partial charge < -0.3 is 24.3 Å². The summed E-state index contributed by atoms with van der Waals surface area (Å²) in [6, 6.07) is 13.0. The lowest BCUT2D eigenvalue weighted by molar-refractivity contribution is -0.122. The molecule has 0 bridgehead atoms. The molecule has 0 aliphatic carbocycles. The van der Waals surface area contributed by atoms with E-state index in [-0.39, 0.29) is 24.2 Å². The second kappa shape index (κ2) is 12.1. The van der Waals surface area contributed by atoms with E-state index in [0.717, 1.165) is 56.9 Å². The van der Waals surface area contributed by atoms with Crippen LogP contribution >= 0.6 is 0 Å². The van der Waals surface area contributed by atoms with Gasteiger partial charge in [0.25, 0.3) is 0 Å². The second-order valence-corrected chi connectivity index (χ2v) is 9.40. The normalized spacial score (nSPS) is 14.6. The molecule has 0 radical (unpaired) electrons. The van der Waals surface area contributed by atoms with Crippen molar-refractivity contribution in [3.63, 3.8) is 0 Å². The number of benzene rings is 2. The third-order valence-corrected chi connectivity index (χ3v) is 6.23. The van der Waals surface area contributed by atoms with E-state index in [0.29, 0.717) is 11.4 Å². The fraction of sp³-hybridized carbons (Fsp3) is 0.429. The van der Waals surface area contributed by atoms with E-state index in [1.54, 1.807) is 16.7 Å². The second-order valence-electron chi connectivity index (χ2n) is 9.40. The maximum Gasteiger partial charge on any atom is 0.240 e. The van der Waals surface area contributed by atoms with E-state index < -0.39 is 5.82 Å². The number of amides is 1. The Balaban J connectivity index is 1.55. The molecule has 8 heteroatoms. The first-order chi connectivity index (χ1) is 17.4. The van der Waals surface area contributed by atoms with Gasteiger partial charge in [-0.3, -0.25) is 4.79 Å². The van der Waals surface area contributed by atoms with Crippen molar-refractivity contribution in [2.75, 3.05) is 40.0 Å². The lowest BCUT2D eigenvalue weighted by Gasteiger charge is -2.18. The summed E-state index contributed by atoms with van der Waals surface area (Å²) in [6.07, 6.45) is 3.93. The molecule has 1 saturated heterocycles. The predicted octanol–water partition coefficient (Wildman–Crippen LogP) is 4.15. The van der Waals surface area contributed by atoms with Crippen molar-refractivity contribution in [1.29, 1.82) is 0 Å². The van der Waals surface area contributed by atoms with Crippen LogP contribution < -0.4 is 10.1 Å². The van der Waals surface area contributed by atoms with Crippen LogP contribution in [0.25, 0.3) is 22.6 Å². The van der Waals surface area contributed by atoms with Crippen molar-refractivity contribution in [2.24, 2.45) is 0 Å². The maximum absolute atomic E-state index is 14.0. The number of halogens is 1. The first-order valence-electron chi connectivity index (χ1n) is 12.5. The molecule has 1 aliphatic heterocycles. The highest BCUT2D eigenvalue weighted by atomic mass is 19.1. The third kappa shape index (κ3) is 6.71. The summed E-state index contributed by atoms with van der Waals surface area (Å²) in [5.74, 6) is 0.157. The summed E-state index contributed by atoms with van der Waals surface area (Å²) in [6.45, 7) is 8.68. The molecule has 1 fully saturated rings. The van der Waals surface area contributed by atoms with Gasteiger partial charge >= 0.3 is 0 Å². The highest BCUT2D eigenvalue weighted by Crippen LogP contribution is 2.29. The van der Waals surface area contributed by atoms with Gasteiger partial charge in [-0.05, 0) is 50.5 Å². The van der Waals surface area contributed by atoms with Crippen molar-refractivity contribution in [3.05, 3.63) is 60.0 Å². The molecular formula is C28H35FN4O3. The van der Waals surface area contributed by atoms with Crippen LogP contribution in [0.5, 0.6) is 5.75 Å². The van der Waals surface area contributed by atoms with Gasteiger partial charge in [0.1, 0.15) is 12.4 Å². The summed E-state index contributed by atoms with van der Waals surface area (Å²) < 4.78 is 26.5. The number of carbonyl (C=O) groups is 1. The lowest BCUT2D eigenvalue weighted by Crippen LogP contribution is -2.33. The number of aromatic nitrogens is 2. The third-order valence-electron chi connectivity index (χ3n) is 6.23. The van der Waals surface area contributed by atoms with Crippen molar-refractivity contribution in [2.45, 2.75) is 39.3 Å². The summed E-state index contributed by atoms with van der Waals surface area (Å²) >= 11 is 0. The highest BCUT2D eigenvalue weighted by Gasteiger charge is 2.17. The summed E-state index contributed by atoms with van der Waals surface area (Å²) in [4.78, 5) is 19.8. The Morgan fingerprint density at radius 2 is 1.92 bits per heavy atom. The van der Waals surface area contributed by atoms with E-state index in [4.69, 9.17) is 14.5 Å². The quantitative estimate of drug-likeness (QED) is 0.484. The molecule has 2 aromatic carbocycles. The van der Waals surface area contributed by atoms with Gasteiger partial charge in [-0.2, -0.15) is 0 Å². The Hall–Kier alpha value is -3.23. The van der Waals surface area contributed by atoms with Gasteiger partial charge in [0.2, 0.25) is 5.91 Å². The van der Waals surface area contributed by atoms with Gasteiger partial charge in [0.05, 0.1) is 19.4 Å². The van der Waals surface area contributed by atoms with Gasteiger partial charge in [-0.15, -0.1) is 0 Å². The topological polar surface area (TPSA) is 68.6 Å². The Bertz CT molecular complexity index is 1150. The average molecular weight is 495 g/mol. The monoisotopic (exact) mass is 494 g/mol. The van der Waals surface area contributed by atoms with Crippen LogP contribution in [0.1, 0.15) is 25.8 Å². The lowest BCUT2D eigenvalue weighted by atomic mass is 10.1. The molecule has 1 amide bonds. The number of hydrogen-bond donors (Lipinski definition) is 1. The smallest absolute Gasteiger partial charge is 0.240 e. The molecule has 0 spiro atoms. The average Bonchev–Trinajstić information content (AvgIpc) is 3.09. The van der Waals surface area contributed by atoms with Crippen LogP contribution in [-0.4, -0.2) is 66.4 Å². The number of rotatable bonds is 9. The molecular weight excluding hydrogens is 459 g/mol. The molecule has 2 heterocycles. The number of nitrogens with one attached hydrogen (secondary N) is 1. The zero-order valence-corrected chi connectivity index (χ0v) is 21.3. The Morgan fingerprint density at radius 1 is 1.14 bits per heavy atom. The Labute approximate surface area is 212 Å². The molecule has 36 heavy (non-hydrogen) atoms. The molecule has 0 unspecified atom stereocenters. The van der Waals surface area contributed by atoms with Crippen molar-refractivity contribution in [3.8, 4) is 28.4 Å². The molecule has 0 atom stereocenters. The molecule has 192 valence electrons. The van der Waals surface area contributed by atoms with Gasteiger partial charge in [0, 0.05) is 49.6 Å². The molecule has 7 nitrogen and oxygen atoms in total. The van der Waals surface area contributed by atoms with Crippen LogP contribution in [0, 0.1) is 5.82 Å². The number of hydrogen-bond acceptors (Lipinski definition) is 5. The van der Waals surface area contributed by atoms with Crippen LogP contribution in [0.15, 0.2) is 48.7 Å². The van der Waals surface area contributed by atoms with E-state index in [1.165, 1.54) is 18.7 Å². The molecule has 1 aliphatic rings. The summed E-state index contributed by atoms with van der Waals surface area (Å²) in [5, 5.41) is 2.92. The molecule has 0 saturated carbocycles. The van der Waals surface area contributed by atoms with Crippen LogP contribution in [0.4, 0.5) is 4.39 Å². The minimum Gasteiger partial charge on any atom is -0.494 e. The number of ether oxygens (including phenoxy) is 2. The van der Waals surface area contributed by atoms with E-state index in [9.17, 15) is 9.18 Å². The molecule has 1 N–H and O–H groups in total. The minimum atomic E-state index is -0.444. The Kier molecular flexibility index (Phi) is 8.72. The SMILES string of the molecule is COc1cc(-c2nc(-c3ccc(CCN4CCCOCC4)cc3)cn2CC(=O)NC(C)C)ccc1F. The maximum atomic E-state index is 14.0. The molecule has 1 aromatic heterocycles. The van der Waals surface area contributed by atoms with Crippen LogP contribution in [0.2, 0.25) is 0 Å². The molecule has 4 rings (SSSR count). The van der Waals surface area contributed by atoms with Gasteiger partial charge in [-0.25, -0.2) is 9.37 Å². The molecule has 3 aromatic rings. The first-order valence-corrected chi connectivity index (χ1v) is 12.5. The zero-order chi connectivity index (χ0) is 25.5. The largest absolute Gasteiger partial charge is 0.494 e. The standard InChI is InChI=1S/C28H35FN4O3/c1-20(2)30-27(34)19-33-18-25(31-28(33)23-9-10-24(29)26(17-23)35-3)22-7-5-21(6-8-22)11-13-32-12-4-15-36-16-14-32/h5-10,17-18,20H,4,11-16,19H2,1-3H3,(H,30,34). The van der Waals surface area contributed by atoms with E-state index >= 15 is 0 Å². The van der Waals surface area contributed by atoms with Crippen molar-refractivity contribution >= 4 is 5.91 Å². The fourth-order valence-corrected chi connectivity index (χ4v) is 4.38. The minimum absolute atomic E-state index is 0.0317. The van der Waals surface area contributed by atoms with E-state index in [1.807, 2.05) is 20.0 Å². The van der Waals surface area contributed by atoms with Crippen LogP contribution in [0.3, 0.4) is 0 Å². The number of imidazole rings is 1. The summed E-state index contributed by atoms with van der Waals surface area (Å²) in [7, 11) is 1.43. The van der Waals surface area contributed by atoms with Gasteiger partial charge in [0.15, 0.2) is 11.6 Å². The van der Waals surface area contributed by atoms with E-state index in [2.05, 4.69) is 34.5 Å². The first kappa shape index (κ1) is 25.9. The zero-order valence-electron chi connectivity index (χ0n) is 21.3. The highest BCUT2D eigenvalue weighted by molar-refractivity contribution is 5.77. The van der Waals surface area contributed by atoms with Crippen LogP contribution in [-0.2, 0) is 22.5 Å². The fourth-order valence-electron chi connectivity index (χ4n) is 4.38. The number of methoxy groups -OCH3 is 1. The van der Waals surface area contributed by atoms with Crippen molar-refractivity contribution in [1.82, 2.24) is 19.8 Å². The predicted molar refractivity (Wildman–Crippen MR) is 138 cm³/mol.